The molecule has 0 bridgehead atoms. The van der Waals surface area contributed by atoms with Gasteiger partial charge in [0.15, 0.2) is 4.67 Å². The Morgan fingerprint density at radius 1 is 1.42 bits per heavy atom. The van der Waals surface area contributed by atoms with E-state index in [2.05, 4.69) is 33.8 Å². The second-order valence-corrected chi connectivity index (χ2v) is 2.75. The Morgan fingerprint density at radius 3 is 2.08 bits per heavy atom. The monoisotopic (exact) mass is 246 g/mol. The highest BCUT2D eigenvalue weighted by molar-refractivity contribution is 9.11. The van der Waals surface area contributed by atoms with Crippen molar-refractivity contribution in [2.45, 2.75) is 12.3 Å². The number of ether oxygens (including phenoxy) is 1. The molecule has 6 heteroatoms. The fourth-order valence-electron chi connectivity index (χ4n) is 0.381. The summed E-state index contributed by atoms with van der Waals surface area (Å²) in [7, 11) is 0. The average Bonchev–Trinajstić information content (AvgIpc) is 1.82. The SMILES string of the molecule is C=C(Br)OC(=C)C(O)C(F)(F)F. The van der Waals surface area contributed by atoms with Gasteiger partial charge >= 0.3 is 6.18 Å². The molecular formula is C6H6BrF3O2. The van der Waals surface area contributed by atoms with Crippen molar-refractivity contribution in [3.63, 3.8) is 0 Å². The lowest BCUT2D eigenvalue weighted by molar-refractivity contribution is -0.199. The Bertz CT molecular complexity index is 199. The van der Waals surface area contributed by atoms with Gasteiger partial charge in [-0.3, -0.25) is 0 Å². The minimum absolute atomic E-state index is 0.143. The zero-order valence-electron chi connectivity index (χ0n) is 5.86. The van der Waals surface area contributed by atoms with Crippen LogP contribution >= 0.6 is 15.9 Å². The van der Waals surface area contributed by atoms with Crippen molar-refractivity contribution in [3.8, 4) is 0 Å². The first-order chi connectivity index (χ1) is 5.25. The van der Waals surface area contributed by atoms with E-state index in [-0.39, 0.29) is 4.67 Å². The van der Waals surface area contributed by atoms with Crippen LogP contribution in [0.15, 0.2) is 23.6 Å². The van der Waals surface area contributed by atoms with Crippen LogP contribution in [0, 0.1) is 0 Å². The summed E-state index contributed by atoms with van der Waals surface area (Å²) in [5, 5.41) is 8.49. The minimum Gasteiger partial charge on any atom is -0.452 e. The summed E-state index contributed by atoms with van der Waals surface area (Å²) < 4.78 is 39.3. The predicted octanol–water partition coefficient (Wildman–Crippen LogP) is 2.31. The standard InChI is InChI=1S/C6H6BrF3O2/c1-3(12-4(2)7)5(11)6(8,9)10/h5,11H,1-2H2. The van der Waals surface area contributed by atoms with Gasteiger partial charge in [0.25, 0.3) is 0 Å². The summed E-state index contributed by atoms with van der Waals surface area (Å²) in [6.07, 6.45) is -7.45. The van der Waals surface area contributed by atoms with E-state index >= 15 is 0 Å². The van der Waals surface area contributed by atoms with Crippen molar-refractivity contribution in [1.82, 2.24) is 0 Å². The molecule has 0 saturated heterocycles. The Balaban J connectivity index is 4.21. The maximum atomic E-state index is 11.7. The third-order valence-electron chi connectivity index (χ3n) is 0.857. The summed E-state index contributed by atoms with van der Waals surface area (Å²) >= 11 is 2.65. The van der Waals surface area contributed by atoms with Crippen molar-refractivity contribution in [3.05, 3.63) is 23.6 Å². The van der Waals surface area contributed by atoms with E-state index in [1.807, 2.05) is 0 Å². The number of hydrogen-bond acceptors (Lipinski definition) is 2. The Labute approximate surface area is 75.5 Å². The fraction of sp³-hybridized carbons (Fsp3) is 0.333. The van der Waals surface area contributed by atoms with Crippen LogP contribution in [0.1, 0.15) is 0 Å². The Morgan fingerprint density at radius 2 is 1.83 bits per heavy atom. The van der Waals surface area contributed by atoms with Crippen molar-refractivity contribution < 1.29 is 23.0 Å². The van der Waals surface area contributed by atoms with E-state index in [9.17, 15) is 13.2 Å². The number of halogens is 4. The van der Waals surface area contributed by atoms with Gasteiger partial charge in [-0.15, -0.1) is 0 Å². The normalized spacial score (nSPS) is 13.8. The molecule has 0 spiro atoms. The molecular weight excluding hydrogens is 241 g/mol. The van der Waals surface area contributed by atoms with Gasteiger partial charge < -0.3 is 9.84 Å². The molecule has 2 nitrogen and oxygen atoms in total. The summed E-state index contributed by atoms with van der Waals surface area (Å²) in [4.78, 5) is 0. The molecule has 0 fully saturated rings. The third kappa shape index (κ3) is 3.77. The summed E-state index contributed by atoms with van der Waals surface area (Å²) in [5.74, 6) is -0.815. The van der Waals surface area contributed by atoms with Crippen LogP contribution in [0.2, 0.25) is 0 Å². The van der Waals surface area contributed by atoms with Crippen LogP contribution in [0.5, 0.6) is 0 Å². The lowest BCUT2D eigenvalue weighted by Crippen LogP contribution is -2.30. The van der Waals surface area contributed by atoms with Crippen LogP contribution in [-0.4, -0.2) is 17.4 Å². The van der Waals surface area contributed by atoms with E-state index < -0.39 is 18.0 Å². The van der Waals surface area contributed by atoms with Crippen molar-refractivity contribution in [2.24, 2.45) is 0 Å². The number of alkyl halides is 3. The van der Waals surface area contributed by atoms with Crippen LogP contribution in [0.25, 0.3) is 0 Å². The van der Waals surface area contributed by atoms with Crippen LogP contribution < -0.4 is 0 Å². The molecule has 0 rings (SSSR count). The fourth-order valence-corrected chi connectivity index (χ4v) is 0.589. The lowest BCUT2D eigenvalue weighted by atomic mass is 10.3. The maximum absolute atomic E-state index is 11.7. The molecule has 1 unspecified atom stereocenters. The van der Waals surface area contributed by atoms with E-state index in [1.54, 1.807) is 0 Å². The molecule has 0 aliphatic rings. The lowest BCUT2D eigenvalue weighted by Gasteiger charge is -2.16. The Hall–Kier alpha value is -0.490. The maximum Gasteiger partial charge on any atom is 0.421 e. The summed E-state index contributed by atoms with van der Waals surface area (Å²) in [5.41, 5.74) is 0. The van der Waals surface area contributed by atoms with E-state index in [0.717, 1.165) is 0 Å². The topological polar surface area (TPSA) is 29.5 Å². The molecule has 0 radical (unpaired) electrons. The number of hydrogen-bond donors (Lipinski definition) is 1. The van der Waals surface area contributed by atoms with Crippen molar-refractivity contribution in [2.75, 3.05) is 0 Å². The van der Waals surface area contributed by atoms with Gasteiger partial charge in [-0.2, -0.15) is 13.2 Å². The molecule has 12 heavy (non-hydrogen) atoms. The van der Waals surface area contributed by atoms with Crippen molar-refractivity contribution in [1.29, 1.82) is 0 Å². The molecule has 0 aromatic rings. The van der Waals surface area contributed by atoms with Crippen LogP contribution in [0.4, 0.5) is 13.2 Å². The summed E-state index contributed by atoms with van der Waals surface area (Å²) in [6, 6.07) is 0. The predicted molar refractivity (Wildman–Crippen MR) is 40.4 cm³/mol. The van der Waals surface area contributed by atoms with Gasteiger partial charge in [0.1, 0.15) is 5.76 Å². The molecule has 0 aromatic carbocycles. The molecule has 0 aliphatic carbocycles. The first-order valence-corrected chi connectivity index (χ1v) is 3.50. The Kier molecular flexibility index (Phi) is 3.79. The number of rotatable bonds is 3. The van der Waals surface area contributed by atoms with Gasteiger partial charge in [-0.05, 0) is 22.5 Å². The smallest absolute Gasteiger partial charge is 0.421 e. The molecule has 0 aromatic heterocycles. The molecule has 0 aliphatic heterocycles. The molecule has 1 N–H and O–H groups in total. The van der Waals surface area contributed by atoms with Crippen molar-refractivity contribution >= 4 is 15.9 Å². The molecule has 0 amide bonds. The second kappa shape index (κ2) is 3.95. The highest BCUT2D eigenvalue weighted by Crippen LogP contribution is 2.26. The first-order valence-electron chi connectivity index (χ1n) is 2.71. The van der Waals surface area contributed by atoms with Crippen LogP contribution in [-0.2, 0) is 4.74 Å². The number of aliphatic hydroxyl groups is 1. The van der Waals surface area contributed by atoms with E-state index in [1.165, 1.54) is 0 Å². The van der Waals surface area contributed by atoms with E-state index in [0.29, 0.717) is 0 Å². The van der Waals surface area contributed by atoms with Crippen LogP contribution in [0.3, 0.4) is 0 Å². The average molecular weight is 247 g/mol. The molecule has 0 saturated carbocycles. The van der Waals surface area contributed by atoms with Gasteiger partial charge in [-0.25, -0.2) is 0 Å². The number of aliphatic hydroxyl groups excluding tert-OH is 1. The molecule has 70 valence electrons. The molecule has 0 heterocycles. The van der Waals surface area contributed by atoms with E-state index in [4.69, 9.17) is 5.11 Å². The highest BCUT2D eigenvalue weighted by Gasteiger charge is 2.41. The first kappa shape index (κ1) is 11.5. The zero-order chi connectivity index (χ0) is 9.94. The van der Waals surface area contributed by atoms with Gasteiger partial charge in [0.05, 0.1) is 0 Å². The van der Waals surface area contributed by atoms with Gasteiger partial charge in [0.2, 0.25) is 6.10 Å². The minimum atomic E-state index is -4.76. The van der Waals surface area contributed by atoms with Gasteiger partial charge in [-0.1, -0.05) is 6.58 Å². The highest BCUT2D eigenvalue weighted by atomic mass is 79.9. The third-order valence-corrected chi connectivity index (χ3v) is 1.02. The quantitative estimate of drug-likeness (QED) is 0.775. The van der Waals surface area contributed by atoms with Gasteiger partial charge in [0, 0.05) is 0 Å². The largest absolute Gasteiger partial charge is 0.452 e. The summed E-state index contributed by atoms with van der Waals surface area (Å²) in [6.45, 7) is 5.99. The second-order valence-electron chi connectivity index (χ2n) is 1.87. The molecule has 1 atom stereocenters. The zero-order valence-corrected chi connectivity index (χ0v) is 7.44.